The Kier molecular flexibility index (Phi) is 8.26. The molecular weight excluding hydrogens is 408 g/mol. The van der Waals surface area contributed by atoms with Gasteiger partial charge in [0.2, 0.25) is 10.0 Å². The Morgan fingerprint density at radius 1 is 1.27 bits per heavy atom. The van der Waals surface area contributed by atoms with Crippen molar-refractivity contribution in [3.05, 3.63) is 29.8 Å². The monoisotopic (exact) mass is 436 g/mol. The van der Waals surface area contributed by atoms with Crippen molar-refractivity contribution in [2.45, 2.75) is 19.8 Å². The topological polar surface area (TPSA) is 104 Å². The molecule has 9 heteroatoms. The average Bonchev–Trinajstić information content (AvgIpc) is 2.71. The maximum atomic E-state index is 12.7. The first kappa shape index (κ1) is 23.7. The maximum absolute atomic E-state index is 12.7. The van der Waals surface area contributed by atoms with E-state index in [2.05, 4.69) is 11.8 Å². The molecule has 0 aliphatic carbocycles. The van der Waals surface area contributed by atoms with E-state index in [1.807, 2.05) is 0 Å². The van der Waals surface area contributed by atoms with E-state index < -0.39 is 21.9 Å². The van der Waals surface area contributed by atoms with Gasteiger partial charge < -0.3 is 14.7 Å². The van der Waals surface area contributed by atoms with Gasteiger partial charge in [0.05, 0.1) is 12.2 Å². The van der Waals surface area contributed by atoms with Crippen LogP contribution in [0.15, 0.2) is 24.3 Å². The highest BCUT2D eigenvalue weighted by molar-refractivity contribution is 7.88. The molecule has 1 aromatic rings. The lowest BCUT2D eigenvalue weighted by Gasteiger charge is -2.34. The molecule has 1 fully saturated rings. The van der Waals surface area contributed by atoms with Crippen molar-refractivity contribution in [2.24, 2.45) is 11.8 Å². The third kappa shape index (κ3) is 6.47. The number of carbonyl (C=O) groups is 2. The lowest BCUT2D eigenvalue weighted by Crippen LogP contribution is -2.44. The van der Waals surface area contributed by atoms with Crippen LogP contribution in [0.25, 0.3) is 0 Å². The van der Waals surface area contributed by atoms with Crippen LogP contribution < -0.4 is 4.74 Å². The zero-order valence-electron chi connectivity index (χ0n) is 17.5. The summed E-state index contributed by atoms with van der Waals surface area (Å²) in [5.41, 5.74) is 0.433. The SMILES string of the molecule is CC#CCOc1ccc(C(=O)N(C)CC(C(=O)O)C2CCN(S(C)(=O)=O)CC2)cc1. The summed E-state index contributed by atoms with van der Waals surface area (Å²) < 4.78 is 30.1. The fourth-order valence-electron chi connectivity index (χ4n) is 3.52. The Morgan fingerprint density at radius 3 is 2.37 bits per heavy atom. The van der Waals surface area contributed by atoms with Gasteiger partial charge in [-0.05, 0) is 49.9 Å². The first-order chi connectivity index (χ1) is 14.1. The summed E-state index contributed by atoms with van der Waals surface area (Å²) in [5.74, 6) is 3.91. The lowest BCUT2D eigenvalue weighted by molar-refractivity contribution is -0.144. The van der Waals surface area contributed by atoms with Crippen LogP contribution in [-0.2, 0) is 14.8 Å². The minimum absolute atomic E-state index is 0.0576. The highest BCUT2D eigenvalue weighted by atomic mass is 32.2. The smallest absolute Gasteiger partial charge is 0.308 e. The first-order valence-electron chi connectivity index (χ1n) is 9.69. The second-order valence-corrected chi connectivity index (χ2v) is 9.35. The summed E-state index contributed by atoms with van der Waals surface area (Å²) in [6.45, 7) is 2.65. The Morgan fingerprint density at radius 2 is 1.87 bits per heavy atom. The number of hydrogen-bond donors (Lipinski definition) is 1. The van der Waals surface area contributed by atoms with E-state index in [1.54, 1.807) is 38.2 Å². The molecular formula is C21H28N2O6S. The third-order valence-corrected chi connectivity index (χ3v) is 6.56. The zero-order valence-corrected chi connectivity index (χ0v) is 18.3. The van der Waals surface area contributed by atoms with Crippen molar-refractivity contribution < 1.29 is 27.9 Å². The summed E-state index contributed by atoms with van der Waals surface area (Å²) in [4.78, 5) is 26.0. The molecule has 164 valence electrons. The van der Waals surface area contributed by atoms with Crippen molar-refractivity contribution >= 4 is 21.9 Å². The minimum atomic E-state index is -3.28. The second-order valence-electron chi connectivity index (χ2n) is 7.37. The Hall–Kier alpha value is -2.57. The molecule has 8 nitrogen and oxygen atoms in total. The summed E-state index contributed by atoms with van der Waals surface area (Å²) in [6.07, 6.45) is 2.07. The normalized spacial score (nSPS) is 16.2. The molecule has 1 saturated heterocycles. The van der Waals surface area contributed by atoms with Gasteiger partial charge in [-0.1, -0.05) is 5.92 Å². The summed E-state index contributed by atoms with van der Waals surface area (Å²) >= 11 is 0. The summed E-state index contributed by atoms with van der Waals surface area (Å²) in [5, 5.41) is 9.69. The largest absolute Gasteiger partial charge is 0.481 e. The van der Waals surface area contributed by atoms with E-state index in [-0.39, 0.29) is 25.0 Å². The van der Waals surface area contributed by atoms with Crippen molar-refractivity contribution in [3.63, 3.8) is 0 Å². The van der Waals surface area contributed by atoms with Crippen LogP contribution in [0.2, 0.25) is 0 Å². The Labute approximate surface area is 177 Å². The Balaban J connectivity index is 1.99. The van der Waals surface area contributed by atoms with E-state index in [1.165, 1.54) is 9.21 Å². The summed E-state index contributed by atoms with van der Waals surface area (Å²) in [6, 6.07) is 6.61. The van der Waals surface area contributed by atoms with Crippen LogP contribution in [0.3, 0.4) is 0 Å². The van der Waals surface area contributed by atoms with Gasteiger partial charge in [0, 0.05) is 32.2 Å². The van der Waals surface area contributed by atoms with Crippen molar-refractivity contribution in [3.8, 4) is 17.6 Å². The van der Waals surface area contributed by atoms with E-state index >= 15 is 0 Å². The predicted molar refractivity (Wildman–Crippen MR) is 113 cm³/mol. The minimum Gasteiger partial charge on any atom is -0.481 e. The molecule has 1 aliphatic rings. The quantitative estimate of drug-likeness (QED) is 0.620. The van der Waals surface area contributed by atoms with Gasteiger partial charge in [-0.15, -0.1) is 5.92 Å². The van der Waals surface area contributed by atoms with Crippen LogP contribution in [0.5, 0.6) is 5.75 Å². The molecule has 0 radical (unpaired) electrons. The van der Waals surface area contributed by atoms with Gasteiger partial charge in [-0.2, -0.15) is 0 Å². The molecule has 30 heavy (non-hydrogen) atoms. The van der Waals surface area contributed by atoms with Crippen molar-refractivity contribution in [2.75, 3.05) is 39.5 Å². The van der Waals surface area contributed by atoms with Crippen LogP contribution in [0.4, 0.5) is 0 Å². The second kappa shape index (κ2) is 10.5. The molecule has 1 N–H and O–H groups in total. The number of benzene rings is 1. The van der Waals surface area contributed by atoms with Crippen LogP contribution in [0, 0.1) is 23.7 Å². The number of hydrogen-bond acceptors (Lipinski definition) is 5. The molecule has 0 bridgehead atoms. The third-order valence-electron chi connectivity index (χ3n) is 5.26. The van der Waals surface area contributed by atoms with Crippen LogP contribution >= 0.6 is 0 Å². The molecule has 0 saturated carbocycles. The average molecular weight is 437 g/mol. The highest BCUT2D eigenvalue weighted by Crippen LogP contribution is 2.27. The number of rotatable bonds is 8. The zero-order chi connectivity index (χ0) is 22.3. The molecule has 1 aliphatic heterocycles. The van der Waals surface area contributed by atoms with Gasteiger partial charge in [0.1, 0.15) is 12.4 Å². The lowest BCUT2D eigenvalue weighted by atomic mass is 9.84. The number of carboxylic acid groups (broad SMARTS) is 1. The summed E-state index contributed by atoms with van der Waals surface area (Å²) in [7, 11) is -1.70. The van der Waals surface area contributed by atoms with Gasteiger partial charge in [-0.3, -0.25) is 9.59 Å². The van der Waals surface area contributed by atoms with Gasteiger partial charge >= 0.3 is 5.97 Å². The molecule has 1 unspecified atom stereocenters. The number of carbonyl (C=O) groups excluding carboxylic acids is 1. The highest BCUT2D eigenvalue weighted by Gasteiger charge is 2.35. The predicted octanol–water partition coefficient (Wildman–Crippen LogP) is 1.53. The van der Waals surface area contributed by atoms with Crippen LogP contribution in [0.1, 0.15) is 30.1 Å². The fourth-order valence-corrected chi connectivity index (χ4v) is 4.40. The molecule has 0 aromatic heterocycles. The molecule has 2 rings (SSSR count). The molecule has 0 spiro atoms. The number of amides is 1. The number of ether oxygens (including phenoxy) is 1. The van der Waals surface area contributed by atoms with E-state index in [0.717, 1.165) is 6.26 Å². The fraction of sp³-hybridized carbons (Fsp3) is 0.524. The molecule has 1 amide bonds. The van der Waals surface area contributed by atoms with E-state index in [4.69, 9.17) is 4.74 Å². The van der Waals surface area contributed by atoms with Gasteiger partial charge in [0.15, 0.2) is 0 Å². The van der Waals surface area contributed by atoms with Crippen molar-refractivity contribution in [1.29, 1.82) is 0 Å². The number of nitrogens with zero attached hydrogens (tertiary/aromatic N) is 2. The van der Waals surface area contributed by atoms with E-state index in [9.17, 15) is 23.1 Å². The number of sulfonamides is 1. The standard InChI is InChI=1S/C21H28N2O6S/c1-4-5-14-29-18-8-6-17(7-9-18)20(24)22(2)15-19(21(25)26)16-10-12-23(13-11-16)30(3,27)28/h6-9,16,19H,10-15H2,1-3H3,(H,25,26). The molecule has 1 heterocycles. The van der Waals surface area contributed by atoms with Crippen molar-refractivity contribution in [1.82, 2.24) is 9.21 Å². The van der Waals surface area contributed by atoms with Crippen LogP contribution in [-0.4, -0.2) is 74.2 Å². The van der Waals surface area contributed by atoms with E-state index in [0.29, 0.717) is 37.2 Å². The maximum Gasteiger partial charge on any atom is 0.308 e. The number of aliphatic carboxylic acids is 1. The number of piperidine rings is 1. The molecule has 1 aromatic carbocycles. The Bertz CT molecular complexity index is 909. The number of carboxylic acids is 1. The molecule has 1 atom stereocenters. The van der Waals surface area contributed by atoms with Gasteiger partial charge in [0.25, 0.3) is 5.91 Å². The first-order valence-corrected chi connectivity index (χ1v) is 11.5. The van der Waals surface area contributed by atoms with Gasteiger partial charge in [-0.25, -0.2) is 12.7 Å².